The number of nitrogens with one attached hydrogen (secondary N) is 2. The number of hydrazone groups is 1. The van der Waals surface area contributed by atoms with Gasteiger partial charge in [0.2, 0.25) is 0 Å². The number of carbonyl (C=O) groups is 1. The highest BCUT2D eigenvalue weighted by Gasteiger charge is 2.12. The second-order valence-corrected chi connectivity index (χ2v) is 5.91. The minimum atomic E-state index is -0.485. The molecule has 2 rings (SSSR count). The fraction of sp³-hybridized carbons (Fsp3) is 0.238. The van der Waals surface area contributed by atoms with Gasteiger partial charge in [-0.3, -0.25) is 4.79 Å². The number of aromatic hydroxyl groups is 1. The van der Waals surface area contributed by atoms with Crippen LogP contribution >= 0.6 is 0 Å². The molecule has 0 aromatic heterocycles. The zero-order chi connectivity index (χ0) is 19.6. The predicted molar refractivity (Wildman–Crippen MR) is 108 cm³/mol. The minimum absolute atomic E-state index is 0.135. The average molecular weight is 367 g/mol. The molecule has 1 amide bonds. The van der Waals surface area contributed by atoms with Gasteiger partial charge in [0, 0.05) is 11.3 Å². The van der Waals surface area contributed by atoms with Crippen molar-refractivity contribution in [1.29, 1.82) is 0 Å². The minimum Gasteiger partial charge on any atom is -0.507 e. The standard InChI is InChI=1S/C21H25N3O3/c1-4-7-16-8-6-9-17(20(16)25)14-22-24-21(26)15(3)23-18-10-12-19(13-11-18)27-5-2/h4,6,8-15,23,25H,1,5,7H2,2-3H3,(H,24,26)/b22-14+. The van der Waals surface area contributed by atoms with Crippen molar-refractivity contribution in [3.63, 3.8) is 0 Å². The Morgan fingerprint density at radius 2 is 2.04 bits per heavy atom. The van der Waals surface area contributed by atoms with Crippen LogP contribution in [0.4, 0.5) is 5.69 Å². The van der Waals surface area contributed by atoms with E-state index in [4.69, 9.17) is 4.74 Å². The SMILES string of the molecule is C=CCc1cccc(/C=N/NC(=O)C(C)Nc2ccc(OCC)cc2)c1O. The van der Waals surface area contributed by atoms with E-state index in [0.717, 1.165) is 17.0 Å². The highest BCUT2D eigenvalue weighted by molar-refractivity contribution is 5.88. The molecule has 142 valence electrons. The molecule has 0 spiro atoms. The van der Waals surface area contributed by atoms with E-state index < -0.39 is 6.04 Å². The van der Waals surface area contributed by atoms with E-state index in [0.29, 0.717) is 18.6 Å². The summed E-state index contributed by atoms with van der Waals surface area (Å²) in [7, 11) is 0. The maximum Gasteiger partial charge on any atom is 0.262 e. The van der Waals surface area contributed by atoms with E-state index in [-0.39, 0.29) is 11.7 Å². The molecule has 27 heavy (non-hydrogen) atoms. The number of amides is 1. The molecule has 0 radical (unpaired) electrons. The molecule has 0 aliphatic heterocycles. The van der Waals surface area contributed by atoms with Crippen molar-refractivity contribution in [3.05, 3.63) is 66.2 Å². The van der Waals surface area contributed by atoms with Gasteiger partial charge in [0.05, 0.1) is 12.8 Å². The predicted octanol–water partition coefficient (Wildman–Crippen LogP) is 3.47. The highest BCUT2D eigenvalue weighted by atomic mass is 16.5. The van der Waals surface area contributed by atoms with Crippen molar-refractivity contribution in [2.24, 2.45) is 5.10 Å². The third-order valence-electron chi connectivity index (χ3n) is 3.84. The number of nitrogens with zero attached hydrogens (tertiary/aromatic N) is 1. The fourth-order valence-electron chi connectivity index (χ4n) is 2.43. The summed E-state index contributed by atoms with van der Waals surface area (Å²) in [6, 6.07) is 12.2. The zero-order valence-corrected chi connectivity index (χ0v) is 15.6. The smallest absolute Gasteiger partial charge is 0.262 e. The van der Waals surface area contributed by atoms with Crippen molar-refractivity contribution in [3.8, 4) is 11.5 Å². The van der Waals surface area contributed by atoms with Crippen LogP contribution in [0.15, 0.2) is 60.2 Å². The van der Waals surface area contributed by atoms with Gasteiger partial charge in [0.15, 0.2) is 0 Å². The molecule has 0 aliphatic rings. The van der Waals surface area contributed by atoms with E-state index in [1.807, 2.05) is 43.3 Å². The van der Waals surface area contributed by atoms with Crippen molar-refractivity contribution < 1.29 is 14.6 Å². The lowest BCUT2D eigenvalue weighted by atomic mass is 10.1. The first-order valence-electron chi connectivity index (χ1n) is 8.79. The average Bonchev–Trinajstić information content (AvgIpc) is 2.66. The molecule has 0 aliphatic carbocycles. The van der Waals surface area contributed by atoms with E-state index in [2.05, 4.69) is 22.4 Å². The van der Waals surface area contributed by atoms with E-state index in [1.54, 1.807) is 19.1 Å². The van der Waals surface area contributed by atoms with Gasteiger partial charge in [-0.2, -0.15) is 5.10 Å². The monoisotopic (exact) mass is 367 g/mol. The second kappa shape index (κ2) is 10.0. The van der Waals surface area contributed by atoms with Crippen LogP contribution in [0, 0.1) is 0 Å². The number of allylic oxidation sites excluding steroid dienone is 1. The van der Waals surface area contributed by atoms with Crippen molar-refractivity contribution in [2.75, 3.05) is 11.9 Å². The number of phenolic OH excluding ortho intramolecular Hbond substituents is 1. The Kier molecular flexibility index (Phi) is 7.43. The molecule has 1 unspecified atom stereocenters. The molecule has 2 aromatic rings. The zero-order valence-electron chi connectivity index (χ0n) is 15.6. The number of rotatable bonds is 9. The van der Waals surface area contributed by atoms with Crippen molar-refractivity contribution in [1.82, 2.24) is 5.43 Å². The number of phenols is 1. The quantitative estimate of drug-likeness (QED) is 0.360. The first kappa shape index (κ1) is 20.0. The van der Waals surface area contributed by atoms with Gasteiger partial charge in [-0.05, 0) is 56.2 Å². The summed E-state index contributed by atoms with van der Waals surface area (Å²) in [6.07, 6.45) is 3.69. The second-order valence-electron chi connectivity index (χ2n) is 5.91. The van der Waals surface area contributed by atoms with Gasteiger partial charge in [0.25, 0.3) is 5.91 Å². The normalized spacial score (nSPS) is 11.8. The van der Waals surface area contributed by atoms with Crippen LogP contribution in [-0.2, 0) is 11.2 Å². The molecule has 1 atom stereocenters. The molecule has 0 bridgehead atoms. The largest absolute Gasteiger partial charge is 0.507 e. The Morgan fingerprint density at radius 3 is 2.70 bits per heavy atom. The van der Waals surface area contributed by atoms with Crippen LogP contribution in [0.3, 0.4) is 0 Å². The van der Waals surface area contributed by atoms with Crippen molar-refractivity contribution >= 4 is 17.8 Å². The van der Waals surface area contributed by atoms with Gasteiger partial charge < -0.3 is 15.2 Å². The molecular weight excluding hydrogens is 342 g/mol. The fourth-order valence-corrected chi connectivity index (χ4v) is 2.43. The molecule has 6 nitrogen and oxygen atoms in total. The van der Waals surface area contributed by atoms with Gasteiger partial charge in [-0.15, -0.1) is 6.58 Å². The lowest BCUT2D eigenvalue weighted by Gasteiger charge is -2.14. The maximum absolute atomic E-state index is 12.2. The van der Waals surface area contributed by atoms with Gasteiger partial charge in [0.1, 0.15) is 17.5 Å². The molecular formula is C21H25N3O3. The van der Waals surface area contributed by atoms with Crippen molar-refractivity contribution in [2.45, 2.75) is 26.3 Å². The van der Waals surface area contributed by atoms with Gasteiger partial charge >= 0.3 is 0 Å². The number of benzene rings is 2. The summed E-state index contributed by atoms with van der Waals surface area (Å²) < 4.78 is 5.39. The summed E-state index contributed by atoms with van der Waals surface area (Å²) in [6.45, 7) is 7.94. The number of ether oxygens (including phenoxy) is 1. The molecule has 0 heterocycles. The van der Waals surface area contributed by atoms with Crippen LogP contribution in [0.25, 0.3) is 0 Å². The Morgan fingerprint density at radius 1 is 1.30 bits per heavy atom. The summed E-state index contributed by atoms with van der Waals surface area (Å²) in [5, 5.41) is 17.2. The molecule has 3 N–H and O–H groups in total. The summed E-state index contributed by atoms with van der Waals surface area (Å²) in [5.74, 6) is 0.626. The number of para-hydroxylation sites is 1. The van der Waals surface area contributed by atoms with Gasteiger partial charge in [-0.25, -0.2) is 5.43 Å². The van der Waals surface area contributed by atoms with Crippen LogP contribution in [0.2, 0.25) is 0 Å². The maximum atomic E-state index is 12.2. The summed E-state index contributed by atoms with van der Waals surface area (Å²) in [4.78, 5) is 12.2. The van der Waals surface area contributed by atoms with E-state index >= 15 is 0 Å². The number of anilines is 1. The first-order valence-corrected chi connectivity index (χ1v) is 8.79. The lowest BCUT2D eigenvalue weighted by molar-refractivity contribution is -0.121. The third-order valence-corrected chi connectivity index (χ3v) is 3.84. The molecule has 0 saturated heterocycles. The van der Waals surface area contributed by atoms with Crippen LogP contribution in [0.1, 0.15) is 25.0 Å². The Balaban J connectivity index is 1.91. The molecule has 0 saturated carbocycles. The number of carbonyl (C=O) groups excluding carboxylic acids is 1. The topological polar surface area (TPSA) is 83.0 Å². The summed E-state index contributed by atoms with van der Waals surface area (Å²) >= 11 is 0. The molecule has 6 heteroatoms. The third kappa shape index (κ3) is 5.88. The lowest BCUT2D eigenvalue weighted by Crippen LogP contribution is -2.34. The van der Waals surface area contributed by atoms with E-state index in [9.17, 15) is 9.90 Å². The first-order chi connectivity index (χ1) is 13.0. The van der Waals surface area contributed by atoms with Crippen LogP contribution in [-0.4, -0.2) is 29.9 Å². The van der Waals surface area contributed by atoms with E-state index in [1.165, 1.54) is 6.21 Å². The number of hydrogen-bond acceptors (Lipinski definition) is 5. The van der Waals surface area contributed by atoms with Crippen LogP contribution < -0.4 is 15.5 Å². The molecule has 0 fully saturated rings. The molecule has 2 aromatic carbocycles. The Labute approximate surface area is 159 Å². The van der Waals surface area contributed by atoms with Gasteiger partial charge in [-0.1, -0.05) is 18.2 Å². The highest BCUT2D eigenvalue weighted by Crippen LogP contribution is 2.21. The Hall–Kier alpha value is -3.28. The van der Waals surface area contributed by atoms with Crippen LogP contribution in [0.5, 0.6) is 11.5 Å². The number of hydrogen-bond donors (Lipinski definition) is 3. The Bertz CT molecular complexity index is 801. The summed E-state index contributed by atoms with van der Waals surface area (Å²) in [5.41, 5.74) is 4.56.